The van der Waals surface area contributed by atoms with Crippen molar-refractivity contribution >= 4 is 16.3 Å². The summed E-state index contributed by atoms with van der Waals surface area (Å²) in [4.78, 5) is 11.2. The topological polar surface area (TPSA) is 95.9 Å². The van der Waals surface area contributed by atoms with Crippen LogP contribution in [0.1, 0.15) is 25.8 Å². The predicted molar refractivity (Wildman–Crippen MR) is 82.6 cm³/mol. The molecule has 8 heteroatoms. The Morgan fingerprint density at radius 3 is 2.50 bits per heavy atom. The molecule has 0 fully saturated rings. The van der Waals surface area contributed by atoms with Gasteiger partial charge in [0.15, 0.2) is 0 Å². The van der Waals surface area contributed by atoms with Gasteiger partial charge in [-0.1, -0.05) is 30.3 Å². The second-order valence-corrected chi connectivity index (χ2v) is 6.63. The molecule has 0 spiro atoms. The number of rotatable bonds is 9. The van der Waals surface area contributed by atoms with E-state index >= 15 is 0 Å². The second-order valence-electron chi connectivity index (χ2n) is 4.95. The first-order valence-corrected chi connectivity index (χ1v) is 8.42. The Kier molecular flexibility index (Phi) is 7.30. The number of hydrogen-bond acceptors (Lipinski definition) is 4. The Morgan fingerprint density at radius 2 is 1.95 bits per heavy atom. The van der Waals surface area contributed by atoms with Crippen molar-refractivity contribution in [3.05, 3.63) is 35.9 Å². The summed E-state index contributed by atoms with van der Waals surface area (Å²) < 4.78 is 32.1. The minimum atomic E-state index is -4.09. The van der Waals surface area contributed by atoms with Crippen LogP contribution < -0.4 is 4.72 Å². The summed E-state index contributed by atoms with van der Waals surface area (Å²) in [5.41, 5.74) is 0.596. The van der Waals surface area contributed by atoms with Crippen LogP contribution in [0.5, 0.6) is 0 Å². The number of carbonyl (C=O) groups is 1. The van der Waals surface area contributed by atoms with Crippen molar-refractivity contribution in [3.8, 4) is 0 Å². The number of benzene rings is 1. The molecule has 0 aromatic heterocycles. The van der Waals surface area contributed by atoms with E-state index in [1.807, 2.05) is 13.8 Å². The van der Waals surface area contributed by atoms with Gasteiger partial charge in [0.2, 0.25) is 0 Å². The van der Waals surface area contributed by atoms with Crippen molar-refractivity contribution in [2.45, 2.75) is 32.9 Å². The van der Waals surface area contributed by atoms with Crippen LogP contribution in [-0.4, -0.2) is 43.2 Å². The molecule has 0 aliphatic rings. The van der Waals surface area contributed by atoms with Gasteiger partial charge in [0.05, 0.1) is 12.6 Å². The van der Waals surface area contributed by atoms with Gasteiger partial charge >= 0.3 is 16.3 Å². The lowest BCUT2D eigenvalue weighted by atomic mass is 10.2. The van der Waals surface area contributed by atoms with Crippen LogP contribution in [0.2, 0.25) is 0 Å². The molecular formula is C14H22N2O5S. The molecule has 0 heterocycles. The minimum Gasteiger partial charge on any atom is -0.464 e. The van der Waals surface area contributed by atoms with Crippen molar-refractivity contribution < 1.29 is 23.1 Å². The van der Waals surface area contributed by atoms with Gasteiger partial charge in [-0.05, 0) is 25.8 Å². The van der Waals surface area contributed by atoms with Gasteiger partial charge in [-0.2, -0.15) is 17.4 Å². The Bertz CT molecular complexity index is 560. The molecule has 1 aromatic rings. The molecule has 0 radical (unpaired) electrons. The highest BCUT2D eigenvalue weighted by atomic mass is 32.2. The molecule has 0 atom stereocenters. The van der Waals surface area contributed by atoms with Crippen LogP contribution in [0.3, 0.4) is 0 Å². The van der Waals surface area contributed by atoms with Gasteiger partial charge in [-0.25, -0.2) is 4.79 Å². The van der Waals surface area contributed by atoms with Crippen LogP contribution in [0.25, 0.3) is 0 Å². The van der Waals surface area contributed by atoms with Gasteiger partial charge in [0.25, 0.3) is 0 Å². The minimum absolute atomic E-state index is 0.0743. The SMILES string of the molecule is CC(C)OCCCNS(=O)(=O)N(Cc1ccccc1)C(=O)O. The molecule has 7 nitrogen and oxygen atoms in total. The van der Waals surface area contributed by atoms with Crippen LogP contribution in [0.4, 0.5) is 4.79 Å². The molecule has 22 heavy (non-hydrogen) atoms. The van der Waals surface area contributed by atoms with E-state index in [9.17, 15) is 13.2 Å². The molecule has 0 saturated carbocycles. The van der Waals surface area contributed by atoms with E-state index in [-0.39, 0.29) is 19.2 Å². The first-order valence-electron chi connectivity index (χ1n) is 6.98. The third-order valence-electron chi connectivity index (χ3n) is 2.73. The van der Waals surface area contributed by atoms with E-state index in [4.69, 9.17) is 9.84 Å². The Labute approximate surface area is 131 Å². The van der Waals surface area contributed by atoms with Gasteiger partial charge < -0.3 is 9.84 Å². The predicted octanol–water partition coefficient (Wildman–Crippen LogP) is 1.82. The molecule has 2 N–H and O–H groups in total. The highest BCUT2D eigenvalue weighted by Gasteiger charge is 2.26. The highest BCUT2D eigenvalue weighted by Crippen LogP contribution is 2.08. The van der Waals surface area contributed by atoms with Crippen molar-refractivity contribution in [1.82, 2.24) is 9.03 Å². The zero-order valence-electron chi connectivity index (χ0n) is 12.7. The number of nitrogens with zero attached hydrogens (tertiary/aromatic N) is 1. The fourth-order valence-corrected chi connectivity index (χ4v) is 2.76. The largest absolute Gasteiger partial charge is 0.464 e. The molecular weight excluding hydrogens is 308 g/mol. The van der Waals surface area contributed by atoms with Gasteiger partial charge in [0, 0.05) is 13.2 Å². The molecule has 0 aliphatic carbocycles. The van der Waals surface area contributed by atoms with E-state index in [1.165, 1.54) is 0 Å². The smallest absolute Gasteiger partial charge is 0.422 e. The first kappa shape index (κ1) is 18.4. The Balaban J connectivity index is 2.59. The summed E-state index contributed by atoms with van der Waals surface area (Å²) in [5, 5.41) is 9.13. The summed E-state index contributed by atoms with van der Waals surface area (Å²) >= 11 is 0. The van der Waals surface area contributed by atoms with E-state index in [0.29, 0.717) is 22.9 Å². The maximum Gasteiger partial charge on any atom is 0.422 e. The Morgan fingerprint density at radius 1 is 1.32 bits per heavy atom. The lowest BCUT2D eigenvalue weighted by Crippen LogP contribution is -2.43. The summed E-state index contributed by atoms with van der Waals surface area (Å²) in [5.74, 6) is 0. The molecule has 1 rings (SSSR count). The third kappa shape index (κ3) is 6.42. The standard InChI is InChI=1S/C14H22N2O5S/c1-12(2)21-10-6-9-15-22(19,20)16(14(17)18)11-13-7-4-3-5-8-13/h3-5,7-8,12,15H,6,9-11H2,1-2H3,(H,17,18). The summed E-state index contributed by atoms with van der Waals surface area (Å²) in [7, 11) is -4.09. The molecule has 0 unspecified atom stereocenters. The molecule has 1 aromatic carbocycles. The fourth-order valence-electron chi connectivity index (χ4n) is 1.67. The van der Waals surface area contributed by atoms with E-state index in [0.717, 1.165) is 0 Å². The van der Waals surface area contributed by atoms with Crippen LogP contribution in [-0.2, 0) is 21.5 Å². The number of hydrogen-bond donors (Lipinski definition) is 2. The normalized spacial score (nSPS) is 11.6. The van der Waals surface area contributed by atoms with Crippen LogP contribution >= 0.6 is 0 Å². The zero-order chi connectivity index (χ0) is 16.6. The summed E-state index contributed by atoms with van der Waals surface area (Å²) in [6.07, 6.45) is -0.976. The zero-order valence-corrected chi connectivity index (χ0v) is 13.5. The summed E-state index contributed by atoms with van der Waals surface area (Å²) in [6.45, 7) is 4.07. The average molecular weight is 330 g/mol. The van der Waals surface area contributed by atoms with Gasteiger partial charge in [0.1, 0.15) is 0 Å². The average Bonchev–Trinajstić information content (AvgIpc) is 2.44. The third-order valence-corrected chi connectivity index (χ3v) is 4.16. The van der Waals surface area contributed by atoms with Crippen molar-refractivity contribution in [1.29, 1.82) is 0 Å². The van der Waals surface area contributed by atoms with Crippen molar-refractivity contribution in [2.75, 3.05) is 13.2 Å². The van der Waals surface area contributed by atoms with E-state index in [2.05, 4.69) is 4.72 Å². The van der Waals surface area contributed by atoms with Gasteiger partial charge in [-0.3, -0.25) is 0 Å². The van der Waals surface area contributed by atoms with Crippen LogP contribution in [0.15, 0.2) is 30.3 Å². The lowest BCUT2D eigenvalue weighted by Gasteiger charge is -2.19. The van der Waals surface area contributed by atoms with Crippen molar-refractivity contribution in [2.24, 2.45) is 0 Å². The number of nitrogens with one attached hydrogen (secondary N) is 1. The molecule has 1 amide bonds. The van der Waals surface area contributed by atoms with Crippen molar-refractivity contribution in [3.63, 3.8) is 0 Å². The number of amides is 1. The quantitative estimate of drug-likeness (QED) is 0.673. The molecule has 0 saturated heterocycles. The lowest BCUT2D eigenvalue weighted by molar-refractivity contribution is 0.0777. The number of ether oxygens (including phenoxy) is 1. The fraction of sp³-hybridized carbons (Fsp3) is 0.500. The first-order chi connectivity index (χ1) is 10.3. The molecule has 0 bridgehead atoms. The maximum absolute atomic E-state index is 12.1. The Hall–Kier alpha value is -1.64. The maximum atomic E-state index is 12.1. The second kappa shape index (κ2) is 8.72. The van der Waals surface area contributed by atoms with E-state index in [1.54, 1.807) is 30.3 Å². The highest BCUT2D eigenvalue weighted by molar-refractivity contribution is 7.87. The number of carboxylic acid groups (broad SMARTS) is 1. The van der Waals surface area contributed by atoms with Crippen LogP contribution in [0, 0.1) is 0 Å². The summed E-state index contributed by atoms with van der Waals surface area (Å²) in [6, 6.07) is 8.55. The van der Waals surface area contributed by atoms with E-state index < -0.39 is 16.3 Å². The molecule has 0 aliphatic heterocycles. The monoisotopic (exact) mass is 330 g/mol. The molecule has 124 valence electrons. The van der Waals surface area contributed by atoms with Gasteiger partial charge in [-0.15, -0.1) is 0 Å².